The summed E-state index contributed by atoms with van der Waals surface area (Å²) in [6, 6.07) is 11.6. The number of anilines is 1. The number of rotatable bonds is 5. The van der Waals surface area contributed by atoms with Gasteiger partial charge in [-0.05, 0) is 54.4 Å². The zero-order chi connectivity index (χ0) is 18.5. The van der Waals surface area contributed by atoms with Crippen molar-refractivity contribution in [3.8, 4) is 11.5 Å². The second-order valence-electron chi connectivity index (χ2n) is 5.83. The first-order chi connectivity index (χ1) is 12.6. The molecule has 26 heavy (non-hydrogen) atoms. The maximum absolute atomic E-state index is 12.1. The zero-order valence-electron chi connectivity index (χ0n) is 14.3. The molecule has 2 N–H and O–H groups in total. The number of aromatic hydroxyl groups is 1. The third kappa shape index (κ3) is 3.83. The molecule has 0 aromatic heterocycles. The Balaban J connectivity index is 1.62. The lowest BCUT2D eigenvalue weighted by Crippen LogP contribution is -2.24. The molecule has 0 unspecified atom stereocenters. The van der Waals surface area contributed by atoms with Gasteiger partial charge in [-0.2, -0.15) is 5.10 Å². The van der Waals surface area contributed by atoms with Gasteiger partial charge >= 0.3 is 0 Å². The summed E-state index contributed by atoms with van der Waals surface area (Å²) in [6.45, 7) is 0.713. The van der Waals surface area contributed by atoms with Gasteiger partial charge in [0.15, 0.2) is 11.5 Å². The molecule has 2 aromatic carbocycles. The number of benzene rings is 2. The Morgan fingerprint density at radius 1 is 1.27 bits per heavy atom. The van der Waals surface area contributed by atoms with Crippen molar-refractivity contribution < 1.29 is 19.4 Å². The molecule has 0 saturated carbocycles. The Morgan fingerprint density at radius 2 is 2.04 bits per heavy atom. The number of hydrazone groups is 1. The van der Waals surface area contributed by atoms with E-state index in [1.807, 2.05) is 0 Å². The van der Waals surface area contributed by atoms with Crippen molar-refractivity contribution in [2.24, 2.45) is 5.10 Å². The summed E-state index contributed by atoms with van der Waals surface area (Å²) in [6.07, 6.45) is 2.88. The van der Waals surface area contributed by atoms with Crippen molar-refractivity contribution in [3.05, 3.63) is 53.6 Å². The monoisotopic (exact) mass is 353 g/mol. The highest BCUT2D eigenvalue weighted by molar-refractivity contribution is 5.97. The number of hydrogen-bond donors (Lipinski definition) is 2. The highest BCUT2D eigenvalue weighted by atomic mass is 16.5. The van der Waals surface area contributed by atoms with Gasteiger partial charge in [-0.15, -0.1) is 0 Å². The molecule has 1 fully saturated rings. The van der Waals surface area contributed by atoms with Crippen molar-refractivity contribution >= 4 is 23.7 Å². The SMILES string of the molecule is COc1cc(C=NNC(=O)c2ccc(N3CCCC3=O)cc2)ccc1O. The van der Waals surface area contributed by atoms with Crippen molar-refractivity contribution in [3.63, 3.8) is 0 Å². The van der Waals surface area contributed by atoms with Crippen LogP contribution in [0.3, 0.4) is 0 Å². The van der Waals surface area contributed by atoms with E-state index in [-0.39, 0.29) is 17.6 Å². The van der Waals surface area contributed by atoms with Crippen molar-refractivity contribution in [2.45, 2.75) is 12.8 Å². The molecular weight excluding hydrogens is 334 g/mol. The topological polar surface area (TPSA) is 91.2 Å². The zero-order valence-corrected chi connectivity index (χ0v) is 14.3. The first-order valence-corrected chi connectivity index (χ1v) is 8.19. The van der Waals surface area contributed by atoms with E-state index in [0.29, 0.717) is 29.8 Å². The van der Waals surface area contributed by atoms with Gasteiger partial charge in [0.25, 0.3) is 5.91 Å². The molecule has 0 spiro atoms. The molecule has 1 heterocycles. The van der Waals surface area contributed by atoms with Crippen LogP contribution in [0.1, 0.15) is 28.8 Å². The van der Waals surface area contributed by atoms with Crippen LogP contribution in [0.2, 0.25) is 0 Å². The van der Waals surface area contributed by atoms with Crippen molar-refractivity contribution in [1.82, 2.24) is 5.43 Å². The van der Waals surface area contributed by atoms with E-state index >= 15 is 0 Å². The van der Waals surface area contributed by atoms with E-state index in [4.69, 9.17) is 4.74 Å². The molecule has 134 valence electrons. The lowest BCUT2D eigenvalue weighted by Gasteiger charge is -2.15. The van der Waals surface area contributed by atoms with Crippen LogP contribution in [-0.4, -0.2) is 36.8 Å². The maximum Gasteiger partial charge on any atom is 0.271 e. The quantitative estimate of drug-likeness (QED) is 0.637. The molecule has 0 aliphatic carbocycles. The predicted molar refractivity (Wildman–Crippen MR) is 97.7 cm³/mol. The Kier molecular flexibility index (Phi) is 5.17. The number of amides is 2. The van der Waals surface area contributed by atoms with Gasteiger partial charge in [-0.1, -0.05) is 0 Å². The highest BCUT2D eigenvalue weighted by Gasteiger charge is 2.21. The maximum atomic E-state index is 12.1. The number of methoxy groups -OCH3 is 1. The molecule has 0 bridgehead atoms. The fraction of sp³-hybridized carbons (Fsp3) is 0.211. The van der Waals surface area contributed by atoms with Crippen LogP contribution in [0.25, 0.3) is 0 Å². The minimum Gasteiger partial charge on any atom is -0.504 e. The molecule has 2 aromatic rings. The Hall–Kier alpha value is -3.35. The fourth-order valence-electron chi connectivity index (χ4n) is 2.72. The standard InChI is InChI=1S/C19H19N3O4/c1-26-17-11-13(4-9-16(17)23)12-20-21-19(25)14-5-7-15(8-6-14)22-10-2-3-18(22)24/h4-9,11-12,23H,2-3,10H2,1H3,(H,21,25). The van der Waals surface area contributed by atoms with Crippen LogP contribution < -0.4 is 15.1 Å². The van der Waals surface area contributed by atoms with Crippen LogP contribution >= 0.6 is 0 Å². The Morgan fingerprint density at radius 3 is 2.69 bits per heavy atom. The number of hydrogen-bond acceptors (Lipinski definition) is 5. The van der Waals surface area contributed by atoms with Crippen LogP contribution in [0.15, 0.2) is 47.6 Å². The van der Waals surface area contributed by atoms with Gasteiger partial charge in [-0.25, -0.2) is 5.43 Å². The summed E-state index contributed by atoms with van der Waals surface area (Å²) in [7, 11) is 1.46. The number of nitrogens with zero attached hydrogens (tertiary/aromatic N) is 2. The summed E-state index contributed by atoms with van der Waals surface area (Å²) in [5.41, 5.74) is 4.35. The van der Waals surface area contributed by atoms with Gasteiger partial charge in [0.1, 0.15) is 0 Å². The van der Waals surface area contributed by atoms with Crippen molar-refractivity contribution in [1.29, 1.82) is 0 Å². The molecule has 0 atom stereocenters. The number of nitrogens with one attached hydrogen (secondary N) is 1. The normalized spacial score (nSPS) is 14.0. The molecule has 3 rings (SSSR count). The van der Waals surface area contributed by atoms with E-state index in [9.17, 15) is 14.7 Å². The molecular formula is C19H19N3O4. The Labute approximate surface area is 150 Å². The fourth-order valence-corrected chi connectivity index (χ4v) is 2.72. The lowest BCUT2D eigenvalue weighted by molar-refractivity contribution is -0.117. The van der Waals surface area contributed by atoms with E-state index in [0.717, 1.165) is 12.1 Å². The first kappa shape index (κ1) is 17.5. The number of carbonyl (C=O) groups excluding carboxylic acids is 2. The smallest absolute Gasteiger partial charge is 0.271 e. The summed E-state index contributed by atoms with van der Waals surface area (Å²) in [4.78, 5) is 25.6. The third-order valence-electron chi connectivity index (χ3n) is 4.10. The van der Waals surface area contributed by atoms with Crippen LogP contribution in [-0.2, 0) is 4.79 Å². The van der Waals surface area contributed by atoms with E-state index in [1.165, 1.54) is 19.4 Å². The van der Waals surface area contributed by atoms with Crippen LogP contribution in [0.4, 0.5) is 5.69 Å². The second kappa shape index (κ2) is 7.69. The van der Waals surface area contributed by atoms with Gasteiger partial charge in [0.2, 0.25) is 5.91 Å². The summed E-state index contributed by atoms with van der Waals surface area (Å²) >= 11 is 0. The van der Waals surface area contributed by atoms with E-state index in [2.05, 4.69) is 10.5 Å². The molecule has 7 nitrogen and oxygen atoms in total. The van der Waals surface area contributed by atoms with E-state index in [1.54, 1.807) is 41.3 Å². The molecule has 0 radical (unpaired) electrons. The van der Waals surface area contributed by atoms with Gasteiger partial charge in [0, 0.05) is 24.2 Å². The molecule has 1 saturated heterocycles. The average Bonchev–Trinajstić information content (AvgIpc) is 3.09. The number of phenolic OH excluding ortho intramolecular Hbond substituents is 1. The summed E-state index contributed by atoms with van der Waals surface area (Å²) in [5.74, 6) is 0.111. The third-order valence-corrected chi connectivity index (χ3v) is 4.10. The number of phenols is 1. The van der Waals surface area contributed by atoms with Crippen molar-refractivity contribution in [2.75, 3.05) is 18.6 Å². The summed E-state index contributed by atoms with van der Waals surface area (Å²) < 4.78 is 5.02. The van der Waals surface area contributed by atoms with Gasteiger partial charge in [-0.3, -0.25) is 9.59 Å². The number of ether oxygens (including phenoxy) is 1. The molecule has 7 heteroatoms. The second-order valence-corrected chi connectivity index (χ2v) is 5.83. The minimum atomic E-state index is -0.355. The first-order valence-electron chi connectivity index (χ1n) is 8.19. The molecule has 1 aliphatic heterocycles. The van der Waals surface area contributed by atoms with E-state index < -0.39 is 0 Å². The summed E-state index contributed by atoms with van der Waals surface area (Å²) in [5, 5.41) is 13.5. The van der Waals surface area contributed by atoms with Gasteiger partial charge in [0.05, 0.1) is 13.3 Å². The Bertz CT molecular complexity index is 846. The highest BCUT2D eigenvalue weighted by Crippen LogP contribution is 2.25. The molecule has 1 aliphatic rings. The van der Waals surface area contributed by atoms with Crippen LogP contribution in [0, 0.1) is 0 Å². The van der Waals surface area contributed by atoms with Gasteiger partial charge < -0.3 is 14.7 Å². The largest absolute Gasteiger partial charge is 0.504 e. The minimum absolute atomic E-state index is 0.0326. The van der Waals surface area contributed by atoms with Crippen LogP contribution in [0.5, 0.6) is 11.5 Å². The number of carbonyl (C=O) groups is 2. The average molecular weight is 353 g/mol. The predicted octanol–water partition coefficient (Wildman–Crippen LogP) is 2.29. The molecule has 2 amide bonds. The lowest BCUT2D eigenvalue weighted by atomic mass is 10.2.